The molecule has 0 fully saturated rings. The number of aryl methyl sites for hydroxylation is 1. The van der Waals surface area contributed by atoms with Crippen LogP contribution in [0.3, 0.4) is 0 Å². The second-order valence-electron chi connectivity index (χ2n) is 14.1. The molecule has 4 aromatic rings. The van der Waals surface area contributed by atoms with Crippen molar-refractivity contribution < 1.29 is 31.6 Å². The number of aromatic nitrogens is 1. The molecule has 0 saturated heterocycles. The Hall–Kier alpha value is -4.65. The first-order valence-electron chi connectivity index (χ1n) is 18.0. The molecule has 2 aromatic carbocycles. The van der Waals surface area contributed by atoms with E-state index in [2.05, 4.69) is 32.8 Å². The molecule has 0 spiro atoms. The van der Waals surface area contributed by atoms with E-state index in [1.807, 2.05) is 33.8 Å². The average molecular weight is 754 g/mol. The van der Waals surface area contributed by atoms with Crippen LogP contribution in [0.4, 0.5) is 17.6 Å². The molecule has 5 N–H and O–H groups in total. The highest BCUT2D eigenvalue weighted by Crippen LogP contribution is 2.40. The molecule has 2 amide bonds. The summed E-state index contributed by atoms with van der Waals surface area (Å²) < 4.78 is 61.9. The number of rotatable bonds is 15. The van der Waals surface area contributed by atoms with Crippen molar-refractivity contribution in [3.63, 3.8) is 0 Å². The fourth-order valence-corrected chi connectivity index (χ4v) is 7.33. The Balaban J connectivity index is 1.49. The highest BCUT2D eigenvalue weighted by atomic mass is 32.1. The van der Waals surface area contributed by atoms with Gasteiger partial charge in [-0.25, -0.2) is 4.39 Å². The zero-order valence-corrected chi connectivity index (χ0v) is 31.2. The van der Waals surface area contributed by atoms with E-state index in [0.29, 0.717) is 46.7 Å². The second-order valence-corrected chi connectivity index (χ2v) is 14.5. The van der Waals surface area contributed by atoms with Crippen molar-refractivity contribution in [1.82, 2.24) is 26.3 Å². The number of H-pyrrole nitrogens is 1. The summed E-state index contributed by atoms with van der Waals surface area (Å²) in [5.41, 5.74) is 0.502. The standard InChI is InChI=1S/C40H47F4N5O3S/c1-6-23(3)34(47-33(50)19-27-11-8-9-14-31(27)41)25(5)49-39(38(51)48-35(24(4)7-2)37(53)45-21-26-16-18-52-22-26)17-15-32-29(20-39)28-12-10-13-30(36(28)46-32)40(42,43)44/h8-14,16,18,22-24,34-35,46,49H,5-7,15,17,19-21H2,1-4H3,(H,45,53)(H,47,50)(H,48,51)/t23?,24?,34-,35-,39+/m0/s1. The SMILES string of the molecule is C=C(N[C@]1(C(=O)N[C@H](C(=S)NCc2ccoc2)C(C)CC)CCc2[nH]c3c(C(F)(F)F)cccc3c2C1)[C@@H](NC(=O)Cc1ccccc1F)C(C)CC. The number of furan rings is 1. The third kappa shape index (κ3) is 8.94. The summed E-state index contributed by atoms with van der Waals surface area (Å²) in [4.78, 5) is 31.6. The fraction of sp³-hybridized carbons (Fsp3) is 0.425. The minimum Gasteiger partial charge on any atom is -0.472 e. The van der Waals surface area contributed by atoms with Gasteiger partial charge in [-0.15, -0.1) is 0 Å². The van der Waals surface area contributed by atoms with Crippen LogP contribution in [0.1, 0.15) is 74.9 Å². The number of fused-ring (bicyclic) bond motifs is 3. The molecule has 2 aromatic heterocycles. The summed E-state index contributed by atoms with van der Waals surface area (Å²) >= 11 is 5.82. The van der Waals surface area contributed by atoms with Crippen LogP contribution in [0.25, 0.3) is 10.9 Å². The Kier molecular flexibility index (Phi) is 12.4. The number of hydrogen-bond acceptors (Lipinski definition) is 5. The van der Waals surface area contributed by atoms with E-state index in [1.54, 1.807) is 36.8 Å². The Bertz CT molecular complexity index is 1940. The molecule has 1 aliphatic carbocycles. The van der Waals surface area contributed by atoms with Crippen LogP contribution in [0.15, 0.2) is 77.8 Å². The third-order valence-corrected chi connectivity index (χ3v) is 10.9. The largest absolute Gasteiger partial charge is 0.472 e. The van der Waals surface area contributed by atoms with Crippen LogP contribution in [0.2, 0.25) is 0 Å². The summed E-state index contributed by atoms with van der Waals surface area (Å²) in [5, 5.41) is 13.2. The molecule has 2 unspecified atom stereocenters. The molecule has 0 aliphatic heterocycles. The molecule has 13 heteroatoms. The number of thiocarbonyl (C=S) groups is 1. The molecule has 0 radical (unpaired) electrons. The zero-order valence-electron chi connectivity index (χ0n) is 30.4. The van der Waals surface area contributed by atoms with Crippen molar-refractivity contribution in [2.75, 3.05) is 0 Å². The quantitative estimate of drug-likeness (QED) is 0.0630. The highest BCUT2D eigenvalue weighted by Gasteiger charge is 2.46. The van der Waals surface area contributed by atoms with E-state index < -0.39 is 47.0 Å². The van der Waals surface area contributed by atoms with E-state index in [-0.39, 0.29) is 48.6 Å². The van der Waals surface area contributed by atoms with Crippen LogP contribution in [0, 0.1) is 17.7 Å². The molecule has 53 heavy (non-hydrogen) atoms. The molecule has 0 saturated carbocycles. The van der Waals surface area contributed by atoms with E-state index in [9.17, 15) is 27.2 Å². The molecule has 0 bridgehead atoms. The Labute approximate surface area is 312 Å². The number of halogens is 4. The number of carbonyl (C=O) groups excluding carboxylic acids is 2. The van der Waals surface area contributed by atoms with Gasteiger partial charge in [0.25, 0.3) is 0 Å². The van der Waals surface area contributed by atoms with Crippen molar-refractivity contribution in [3.05, 3.63) is 107 Å². The molecular formula is C40H47F4N5O3S. The van der Waals surface area contributed by atoms with Crippen LogP contribution >= 0.6 is 12.2 Å². The predicted octanol–water partition coefficient (Wildman–Crippen LogP) is 7.67. The predicted molar refractivity (Wildman–Crippen MR) is 201 cm³/mol. The molecule has 284 valence electrons. The maximum Gasteiger partial charge on any atom is 0.418 e. The number of alkyl halides is 3. The van der Waals surface area contributed by atoms with Gasteiger partial charge >= 0.3 is 6.18 Å². The van der Waals surface area contributed by atoms with Crippen LogP contribution in [-0.4, -0.2) is 39.4 Å². The Morgan fingerprint density at radius 1 is 1.02 bits per heavy atom. The molecule has 5 rings (SSSR count). The van der Waals surface area contributed by atoms with Gasteiger partial charge in [0.2, 0.25) is 11.8 Å². The molecular weight excluding hydrogens is 707 g/mol. The van der Waals surface area contributed by atoms with Crippen molar-refractivity contribution in [2.45, 2.75) is 96.6 Å². The van der Waals surface area contributed by atoms with Crippen molar-refractivity contribution >= 4 is 39.9 Å². The minimum absolute atomic E-state index is 0.0277. The minimum atomic E-state index is -4.58. The van der Waals surface area contributed by atoms with Crippen LogP contribution in [-0.2, 0) is 41.6 Å². The number of benzene rings is 2. The summed E-state index contributed by atoms with van der Waals surface area (Å²) in [7, 11) is 0. The molecule has 8 nitrogen and oxygen atoms in total. The summed E-state index contributed by atoms with van der Waals surface area (Å²) in [6, 6.07) is 10.7. The van der Waals surface area contributed by atoms with Gasteiger partial charge in [-0.1, -0.05) is 89.7 Å². The number of carbonyl (C=O) groups is 2. The molecule has 2 heterocycles. The summed E-state index contributed by atoms with van der Waals surface area (Å²) in [6.45, 7) is 12.6. The number of nitrogens with one attached hydrogen (secondary N) is 5. The lowest BCUT2D eigenvalue weighted by atomic mass is 9.77. The smallest absolute Gasteiger partial charge is 0.418 e. The van der Waals surface area contributed by atoms with Gasteiger partial charge in [0.15, 0.2) is 0 Å². The lowest BCUT2D eigenvalue weighted by Gasteiger charge is -2.42. The summed E-state index contributed by atoms with van der Waals surface area (Å²) in [5.74, 6) is -1.53. The van der Waals surface area contributed by atoms with Crippen molar-refractivity contribution in [3.8, 4) is 0 Å². The number of hydrogen-bond donors (Lipinski definition) is 5. The lowest BCUT2D eigenvalue weighted by molar-refractivity contribution is -0.136. The van der Waals surface area contributed by atoms with Gasteiger partial charge < -0.3 is 30.7 Å². The van der Waals surface area contributed by atoms with E-state index in [1.165, 1.54) is 12.1 Å². The van der Waals surface area contributed by atoms with Crippen molar-refractivity contribution in [2.24, 2.45) is 11.8 Å². The van der Waals surface area contributed by atoms with Gasteiger partial charge in [-0.3, -0.25) is 9.59 Å². The first-order valence-corrected chi connectivity index (χ1v) is 18.4. The first kappa shape index (κ1) is 39.6. The van der Waals surface area contributed by atoms with Gasteiger partial charge in [-0.05, 0) is 54.0 Å². The second kappa shape index (κ2) is 16.6. The van der Waals surface area contributed by atoms with Crippen LogP contribution in [0.5, 0.6) is 0 Å². The Morgan fingerprint density at radius 2 is 1.74 bits per heavy atom. The monoisotopic (exact) mass is 753 g/mol. The zero-order chi connectivity index (χ0) is 38.5. The van der Waals surface area contributed by atoms with E-state index in [4.69, 9.17) is 16.6 Å². The first-order chi connectivity index (χ1) is 25.2. The topological polar surface area (TPSA) is 111 Å². The molecule has 1 aliphatic rings. The normalized spacial score (nSPS) is 18.0. The number of aromatic amines is 1. The maximum absolute atomic E-state index is 14.8. The lowest BCUT2D eigenvalue weighted by Crippen LogP contribution is -2.64. The number of para-hydroxylation sites is 1. The van der Waals surface area contributed by atoms with Gasteiger partial charge in [-0.2, -0.15) is 13.2 Å². The van der Waals surface area contributed by atoms with Crippen molar-refractivity contribution in [1.29, 1.82) is 0 Å². The maximum atomic E-state index is 14.8. The average Bonchev–Trinajstić information content (AvgIpc) is 3.79. The Morgan fingerprint density at radius 3 is 2.40 bits per heavy atom. The van der Waals surface area contributed by atoms with E-state index >= 15 is 0 Å². The fourth-order valence-electron chi connectivity index (χ4n) is 6.97. The highest BCUT2D eigenvalue weighted by molar-refractivity contribution is 7.80. The van der Waals surface area contributed by atoms with E-state index in [0.717, 1.165) is 11.6 Å². The van der Waals surface area contributed by atoms with Gasteiger partial charge in [0.1, 0.15) is 11.4 Å². The number of amides is 2. The molecule has 5 atom stereocenters. The van der Waals surface area contributed by atoms with Gasteiger partial charge in [0.05, 0.1) is 47.1 Å². The van der Waals surface area contributed by atoms with Crippen LogP contribution < -0.4 is 21.3 Å². The summed E-state index contributed by atoms with van der Waals surface area (Å²) in [6.07, 6.45) is 0.229. The van der Waals surface area contributed by atoms with Gasteiger partial charge in [0, 0.05) is 35.3 Å². The third-order valence-electron chi connectivity index (χ3n) is 10.5.